The van der Waals surface area contributed by atoms with Crippen molar-refractivity contribution in [1.29, 1.82) is 5.26 Å². The van der Waals surface area contributed by atoms with Gasteiger partial charge in [-0.05, 0) is 42.8 Å². The third-order valence-electron chi connectivity index (χ3n) is 5.05. The second kappa shape index (κ2) is 9.06. The lowest BCUT2D eigenvalue weighted by Gasteiger charge is -2.15. The molecule has 0 radical (unpaired) electrons. The third kappa shape index (κ3) is 4.37. The quantitative estimate of drug-likeness (QED) is 0.461. The first-order valence-corrected chi connectivity index (χ1v) is 10.1. The number of ether oxygens (including phenoxy) is 1. The molecule has 0 aliphatic heterocycles. The second-order valence-electron chi connectivity index (χ2n) is 7.07. The van der Waals surface area contributed by atoms with Gasteiger partial charge in [-0.3, -0.25) is 14.3 Å². The number of halogens is 1. The zero-order valence-electron chi connectivity index (χ0n) is 17.3. The van der Waals surface area contributed by atoms with Crippen molar-refractivity contribution in [3.8, 4) is 23.1 Å². The second-order valence-corrected chi connectivity index (χ2v) is 7.50. The van der Waals surface area contributed by atoms with Crippen LogP contribution in [0.15, 0.2) is 53.8 Å². The third-order valence-corrected chi connectivity index (χ3v) is 5.28. The lowest BCUT2D eigenvalue weighted by Crippen LogP contribution is -2.23. The van der Waals surface area contributed by atoms with Gasteiger partial charge in [-0.25, -0.2) is 14.8 Å². The van der Waals surface area contributed by atoms with Crippen LogP contribution >= 0.6 is 11.6 Å². The smallest absolute Gasteiger partial charge is 0.336 e. The number of carbonyl (C=O) groups is 1. The average molecular weight is 462 g/mol. The van der Waals surface area contributed by atoms with Crippen molar-refractivity contribution in [2.45, 2.75) is 13.5 Å². The van der Waals surface area contributed by atoms with E-state index in [1.807, 2.05) is 6.07 Å². The highest BCUT2D eigenvalue weighted by atomic mass is 35.5. The van der Waals surface area contributed by atoms with Gasteiger partial charge >= 0.3 is 5.97 Å². The molecular weight excluding hydrogens is 446 g/mol. The highest BCUT2D eigenvalue weighted by Gasteiger charge is 2.17. The number of aromatic carboxylic acids is 1. The van der Waals surface area contributed by atoms with Gasteiger partial charge in [0, 0.05) is 16.8 Å². The average Bonchev–Trinajstić information content (AvgIpc) is 2.81. The highest BCUT2D eigenvalue weighted by molar-refractivity contribution is 6.31. The Morgan fingerprint density at radius 3 is 2.82 bits per heavy atom. The number of carboxylic acid groups (broad SMARTS) is 1. The van der Waals surface area contributed by atoms with E-state index in [1.54, 1.807) is 25.1 Å². The van der Waals surface area contributed by atoms with Gasteiger partial charge in [0.1, 0.15) is 24.1 Å². The molecular formula is C23H16ClN5O4. The van der Waals surface area contributed by atoms with Crippen molar-refractivity contribution in [3.05, 3.63) is 81.3 Å². The molecule has 3 aromatic heterocycles. The molecule has 0 aliphatic carbocycles. The first-order chi connectivity index (χ1) is 15.9. The van der Waals surface area contributed by atoms with E-state index in [0.717, 1.165) is 0 Å². The van der Waals surface area contributed by atoms with Crippen LogP contribution in [0.3, 0.4) is 0 Å². The molecule has 10 heteroatoms. The van der Waals surface area contributed by atoms with Gasteiger partial charge in [-0.2, -0.15) is 5.26 Å². The lowest BCUT2D eigenvalue weighted by atomic mass is 10.0. The van der Waals surface area contributed by atoms with Gasteiger partial charge < -0.3 is 9.84 Å². The monoisotopic (exact) mass is 461 g/mol. The van der Waals surface area contributed by atoms with Crippen molar-refractivity contribution in [1.82, 2.24) is 19.5 Å². The molecule has 0 amide bonds. The van der Waals surface area contributed by atoms with Crippen molar-refractivity contribution in [3.63, 3.8) is 0 Å². The molecule has 0 fully saturated rings. The van der Waals surface area contributed by atoms with E-state index in [9.17, 15) is 14.7 Å². The highest BCUT2D eigenvalue weighted by Crippen LogP contribution is 2.34. The van der Waals surface area contributed by atoms with Crippen LogP contribution in [0.1, 0.15) is 21.6 Å². The molecule has 0 spiro atoms. The van der Waals surface area contributed by atoms with E-state index in [2.05, 4.69) is 15.0 Å². The Balaban J connectivity index is 1.62. The Labute approximate surface area is 192 Å². The first-order valence-electron chi connectivity index (χ1n) is 9.76. The Bertz CT molecular complexity index is 1490. The minimum absolute atomic E-state index is 0.121. The number of aromatic nitrogens is 4. The summed E-state index contributed by atoms with van der Waals surface area (Å²) in [5.41, 5.74) is 1.80. The molecule has 33 heavy (non-hydrogen) atoms. The van der Waals surface area contributed by atoms with Gasteiger partial charge in [-0.15, -0.1) is 0 Å². The van der Waals surface area contributed by atoms with Gasteiger partial charge in [0.2, 0.25) is 0 Å². The fraction of sp³-hybridized carbons (Fsp3) is 0.130. The van der Waals surface area contributed by atoms with E-state index in [1.165, 1.54) is 35.4 Å². The molecule has 3 heterocycles. The summed E-state index contributed by atoms with van der Waals surface area (Å²) in [6.45, 7) is 1.98. The predicted molar refractivity (Wildman–Crippen MR) is 120 cm³/mol. The van der Waals surface area contributed by atoms with Crippen LogP contribution in [0, 0.1) is 18.3 Å². The molecule has 0 saturated carbocycles. The maximum atomic E-state index is 12.8. The van der Waals surface area contributed by atoms with Crippen molar-refractivity contribution < 1.29 is 14.6 Å². The van der Waals surface area contributed by atoms with Gasteiger partial charge in [0.15, 0.2) is 0 Å². The van der Waals surface area contributed by atoms with Crippen molar-refractivity contribution >= 4 is 28.5 Å². The van der Waals surface area contributed by atoms with E-state index in [4.69, 9.17) is 21.6 Å². The Morgan fingerprint density at radius 2 is 2.06 bits per heavy atom. The maximum Gasteiger partial charge on any atom is 0.336 e. The molecule has 164 valence electrons. The zero-order valence-corrected chi connectivity index (χ0v) is 18.1. The van der Waals surface area contributed by atoms with Crippen molar-refractivity contribution in [2.24, 2.45) is 0 Å². The summed E-state index contributed by atoms with van der Waals surface area (Å²) in [5.74, 6) is -0.617. The lowest BCUT2D eigenvalue weighted by molar-refractivity contribution is 0.0696. The molecule has 0 bridgehead atoms. The zero-order chi connectivity index (χ0) is 23.5. The standard InChI is InChI=1S/C23H16ClN5O4/c1-13-16(23(31)32)4-5-26-21(13)18-8-14(24)2-3-20(18)33-7-6-29-12-28-19-11-27-15(10-25)9-17(19)22(29)30/h2-5,8-9,11-12H,6-7H2,1H3,(H,31,32). The summed E-state index contributed by atoms with van der Waals surface area (Å²) < 4.78 is 7.30. The maximum absolute atomic E-state index is 12.8. The summed E-state index contributed by atoms with van der Waals surface area (Å²) >= 11 is 6.17. The number of hydrogen-bond acceptors (Lipinski definition) is 7. The summed E-state index contributed by atoms with van der Waals surface area (Å²) in [5, 5.41) is 19.2. The molecule has 0 aliphatic rings. The van der Waals surface area contributed by atoms with E-state index >= 15 is 0 Å². The molecule has 1 N–H and O–H groups in total. The minimum atomic E-state index is -1.06. The topological polar surface area (TPSA) is 131 Å². The van der Waals surface area contributed by atoms with Gasteiger partial charge in [0.05, 0.1) is 41.2 Å². The molecule has 1 aromatic carbocycles. The number of hydrogen-bond donors (Lipinski definition) is 1. The fourth-order valence-corrected chi connectivity index (χ4v) is 3.56. The molecule has 4 rings (SSSR count). The van der Waals surface area contributed by atoms with E-state index < -0.39 is 5.97 Å². The Hall–Kier alpha value is -4.29. The summed E-state index contributed by atoms with van der Waals surface area (Å²) in [7, 11) is 0. The number of fused-ring (bicyclic) bond motifs is 1. The van der Waals surface area contributed by atoms with Crippen molar-refractivity contribution in [2.75, 3.05) is 6.61 Å². The van der Waals surface area contributed by atoms with Crippen LogP contribution in [0.25, 0.3) is 22.2 Å². The first kappa shape index (κ1) is 21.9. The number of carboxylic acids is 1. The van der Waals surface area contributed by atoms with Crippen LogP contribution in [0.5, 0.6) is 5.75 Å². The molecule has 4 aromatic rings. The Morgan fingerprint density at radius 1 is 1.24 bits per heavy atom. The van der Waals surface area contributed by atoms with Crippen LogP contribution in [0.2, 0.25) is 5.02 Å². The van der Waals surface area contributed by atoms with Crippen LogP contribution in [-0.2, 0) is 6.54 Å². The number of nitrogens with zero attached hydrogens (tertiary/aromatic N) is 5. The number of pyridine rings is 2. The van der Waals surface area contributed by atoms with Crippen LogP contribution < -0.4 is 10.3 Å². The molecule has 0 unspecified atom stereocenters. The summed E-state index contributed by atoms with van der Waals surface area (Å²) in [6, 6.07) is 9.71. The normalized spacial score (nSPS) is 10.7. The van der Waals surface area contributed by atoms with E-state index in [-0.39, 0.29) is 30.0 Å². The summed E-state index contributed by atoms with van der Waals surface area (Å²) in [4.78, 5) is 36.7. The Kier molecular flexibility index (Phi) is 6.02. The summed E-state index contributed by atoms with van der Waals surface area (Å²) in [6.07, 6.45) is 4.20. The largest absolute Gasteiger partial charge is 0.491 e. The number of nitriles is 1. The predicted octanol–water partition coefficient (Wildman–Crippen LogP) is 3.46. The van der Waals surface area contributed by atoms with Crippen LogP contribution in [0.4, 0.5) is 0 Å². The fourth-order valence-electron chi connectivity index (χ4n) is 3.39. The number of rotatable bonds is 6. The molecule has 0 saturated heterocycles. The van der Waals surface area contributed by atoms with Gasteiger partial charge in [-0.1, -0.05) is 11.6 Å². The van der Waals surface area contributed by atoms with Crippen LogP contribution in [-0.4, -0.2) is 37.2 Å². The number of benzene rings is 1. The van der Waals surface area contributed by atoms with E-state index in [0.29, 0.717) is 38.5 Å². The molecule has 0 atom stereocenters. The SMILES string of the molecule is Cc1c(C(=O)O)ccnc1-c1cc(Cl)ccc1OCCn1cnc2cnc(C#N)cc2c1=O. The minimum Gasteiger partial charge on any atom is -0.491 e. The molecule has 9 nitrogen and oxygen atoms in total. The van der Waals surface area contributed by atoms with Gasteiger partial charge in [0.25, 0.3) is 5.56 Å².